The third-order valence-electron chi connectivity index (χ3n) is 4.48. The van der Waals surface area contributed by atoms with Gasteiger partial charge in [0.05, 0.1) is 6.61 Å². The van der Waals surface area contributed by atoms with Crippen molar-refractivity contribution in [1.82, 2.24) is 0 Å². The van der Waals surface area contributed by atoms with E-state index >= 15 is 0 Å². The predicted octanol–water partition coefficient (Wildman–Crippen LogP) is 7.97. The summed E-state index contributed by atoms with van der Waals surface area (Å²) < 4.78 is 17.2. The van der Waals surface area contributed by atoms with Gasteiger partial charge in [0.2, 0.25) is 0 Å². The van der Waals surface area contributed by atoms with Crippen LogP contribution in [0.15, 0.2) is 12.2 Å². The van der Waals surface area contributed by atoms with Crippen LogP contribution >= 0.6 is 7.37 Å². The van der Waals surface area contributed by atoms with E-state index in [2.05, 4.69) is 19.1 Å². The molecule has 0 heterocycles. The summed E-state index contributed by atoms with van der Waals surface area (Å²) in [5, 5.41) is 0. The van der Waals surface area contributed by atoms with Crippen molar-refractivity contribution < 1.29 is 9.09 Å². The number of rotatable bonds is 18. The van der Waals surface area contributed by atoms with Gasteiger partial charge in [-0.05, 0) is 39.0 Å². The fourth-order valence-electron chi connectivity index (χ4n) is 2.98. The summed E-state index contributed by atoms with van der Waals surface area (Å²) in [6.07, 6.45) is 23.8. The molecule has 0 radical (unpaired) electrons. The van der Waals surface area contributed by atoms with Gasteiger partial charge in [-0.1, -0.05) is 76.9 Å². The van der Waals surface area contributed by atoms with Crippen LogP contribution in [-0.2, 0) is 9.09 Å². The van der Waals surface area contributed by atoms with Gasteiger partial charge in [-0.3, -0.25) is 4.57 Å². The van der Waals surface area contributed by atoms with Crippen molar-refractivity contribution in [3.8, 4) is 0 Å². The summed E-state index contributed by atoms with van der Waals surface area (Å²) in [7, 11) is -2.29. The highest BCUT2D eigenvalue weighted by atomic mass is 31.2. The molecule has 0 aliphatic rings. The van der Waals surface area contributed by atoms with Crippen LogP contribution < -0.4 is 0 Å². The highest BCUT2D eigenvalue weighted by Gasteiger charge is 2.13. The molecule has 0 aromatic rings. The third-order valence-corrected chi connectivity index (χ3v) is 6.41. The molecule has 3 heteroatoms. The fourth-order valence-corrected chi connectivity index (χ4v) is 4.46. The molecule has 1 unspecified atom stereocenters. The number of hydrogen-bond acceptors (Lipinski definition) is 2. The Morgan fingerprint density at radius 2 is 1.17 bits per heavy atom. The zero-order valence-electron chi connectivity index (χ0n) is 16.7. The van der Waals surface area contributed by atoms with Gasteiger partial charge in [0.25, 0.3) is 0 Å². The van der Waals surface area contributed by atoms with Crippen LogP contribution in [-0.4, -0.2) is 19.4 Å². The first-order valence-corrected chi connectivity index (χ1v) is 12.7. The summed E-state index contributed by atoms with van der Waals surface area (Å²) in [6, 6.07) is 0. The molecule has 0 aliphatic carbocycles. The standard InChI is InChI=1S/C21H43O2P/c1-4-6-7-8-9-10-11-12-13-14-15-16-17-18-19-20-21-24(3,22)23-5-2/h12-13H,4-11,14-21H2,1-3H3/b13-12-. The van der Waals surface area contributed by atoms with Crippen LogP contribution in [0.3, 0.4) is 0 Å². The lowest BCUT2D eigenvalue weighted by Gasteiger charge is -2.11. The molecule has 0 aliphatic heterocycles. The first-order valence-electron chi connectivity index (χ1n) is 10.5. The molecule has 0 amide bonds. The smallest absolute Gasteiger partial charge is 0.200 e. The van der Waals surface area contributed by atoms with Crippen molar-refractivity contribution in [1.29, 1.82) is 0 Å². The summed E-state index contributed by atoms with van der Waals surface area (Å²) in [5.41, 5.74) is 0. The Bertz CT molecular complexity index is 326. The van der Waals surface area contributed by atoms with E-state index in [9.17, 15) is 4.57 Å². The Hall–Kier alpha value is -0.0700. The molecule has 24 heavy (non-hydrogen) atoms. The lowest BCUT2D eigenvalue weighted by molar-refractivity contribution is 0.336. The molecule has 1 atom stereocenters. The monoisotopic (exact) mass is 358 g/mol. The molecular formula is C21H43O2P. The summed E-state index contributed by atoms with van der Waals surface area (Å²) in [5.74, 6) is 0. The van der Waals surface area contributed by atoms with Crippen LogP contribution in [0.1, 0.15) is 104 Å². The second kappa shape index (κ2) is 17.7. The van der Waals surface area contributed by atoms with Crippen LogP contribution in [0.5, 0.6) is 0 Å². The third kappa shape index (κ3) is 18.3. The van der Waals surface area contributed by atoms with E-state index in [1.165, 1.54) is 83.5 Å². The van der Waals surface area contributed by atoms with Crippen molar-refractivity contribution in [2.24, 2.45) is 0 Å². The molecule has 0 aromatic carbocycles. The maximum atomic E-state index is 11.9. The second-order valence-corrected chi connectivity index (χ2v) is 9.83. The molecule has 0 saturated heterocycles. The Kier molecular flexibility index (Phi) is 17.7. The zero-order valence-corrected chi connectivity index (χ0v) is 17.6. The molecule has 0 spiro atoms. The van der Waals surface area contributed by atoms with Crippen LogP contribution in [0.4, 0.5) is 0 Å². The molecule has 2 nitrogen and oxygen atoms in total. The van der Waals surface area contributed by atoms with Crippen molar-refractivity contribution in [3.63, 3.8) is 0 Å². The van der Waals surface area contributed by atoms with Crippen LogP contribution in [0, 0.1) is 0 Å². The molecular weight excluding hydrogens is 315 g/mol. The quantitative estimate of drug-likeness (QED) is 0.141. The Labute approximate surface area is 152 Å². The van der Waals surface area contributed by atoms with Crippen molar-refractivity contribution in [2.75, 3.05) is 19.4 Å². The lowest BCUT2D eigenvalue weighted by Crippen LogP contribution is -1.94. The van der Waals surface area contributed by atoms with E-state index in [4.69, 9.17) is 4.52 Å². The predicted molar refractivity (Wildman–Crippen MR) is 109 cm³/mol. The van der Waals surface area contributed by atoms with Gasteiger partial charge in [0.15, 0.2) is 7.37 Å². The van der Waals surface area contributed by atoms with E-state index < -0.39 is 7.37 Å². The average molecular weight is 359 g/mol. The highest BCUT2D eigenvalue weighted by molar-refractivity contribution is 7.58. The van der Waals surface area contributed by atoms with Gasteiger partial charge in [-0.25, -0.2) is 0 Å². The lowest BCUT2D eigenvalue weighted by atomic mass is 10.1. The molecule has 144 valence electrons. The minimum absolute atomic E-state index is 0.570. The van der Waals surface area contributed by atoms with E-state index in [-0.39, 0.29) is 0 Å². The van der Waals surface area contributed by atoms with Gasteiger partial charge >= 0.3 is 0 Å². The largest absolute Gasteiger partial charge is 0.329 e. The normalized spacial score (nSPS) is 14.3. The van der Waals surface area contributed by atoms with E-state index in [1.807, 2.05) is 6.92 Å². The maximum Gasteiger partial charge on any atom is 0.200 e. The molecule has 0 N–H and O–H groups in total. The fraction of sp³-hybridized carbons (Fsp3) is 0.905. The minimum atomic E-state index is -2.29. The van der Waals surface area contributed by atoms with Crippen molar-refractivity contribution in [2.45, 2.75) is 104 Å². The SMILES string of the molecule is CCCCCCCC/C=C\CCCCCCCCP(C)(=O)OCC. The van der Waals surface area contributed by atoms with Gasteiger partial charge < -0.3 is 4.52 Å². The first-order chi connectivity index (χ1) is 11.6. The molecule has 0 fully saturated rings. The molecule has 0 saturated carbocycles. The Morgan fingerprint density at radius 3 is 1.67 bits per heavy atom. The Morgan fingerprint density at radius 1 is 0.708 bits per heavy atom. The summed E-state index contributed by atoms with van der Waals surface area (Å²) >= 11 is 0. The summed E-state index contributed by atoms with van der Waals surface area (Å²) in [6.45, 7) is 6.53. The molecule has 0 bridgehead atoms. The van der Waals surface area contributed by atoms with Gasteiger partial charge in [-0.15, -0.1) is 0 Å². The number of hydrogen-bond donors (Lipinski definition) is 0. The van der Waals surface area contributed by atoms with Gasteiger partial charge in [-0.2, -0.15) is 0 Å². The Balaban J connectivity index is 3.22. The van der Waals surface area contributed by atoms with Crippen LogP contribution in [0.2, 0.25) is 0 Å². The number of unbranched alkanes of at least 4 members (excludes halogenated alkanes) is 12. The van der Waals surface area contributed by atoms with Crippen molar-refractivity contribution in [3.05, 3.63) is 12.2 Å². The number of allylic oxidation sites excluding steroid dienone is 2. The average Bonchev–Trinajstić information content (AvgIpc) is 2.54. The van der Waals surface area contributed by atoms with Crippen molar-refractivity contribution >= 4 is 7.37 Å². The van der Waals surface area contributed by atoms with Gasteiger partial charge in [0.1, 0.15) is 0 Å². The van der Waals surface area contributed by atoms with Gasteiger partial charge in [0, 0.05) is 12.8 Å². The maximum absolute atomic E-state index is 11.9. The molecule has 0 aromatic heterocycles. The highest BCUT2D eigenvalue weighted by Crippen LogP contribution is 2.43. The zero-order chi connectivity index (χ0) is 17.9. The van der Waals surface area contributed by atoms with E-state index in [1.54, 1.807) is 6.66 Å². The minimum Gasteiger partial charge on any atom is -0.329 e. The molecule has 0 rings (SSSR count). The van der Waals surface area contributed by atoms with Crippen LogP contribution in [0.25, 0.3) is 0 Å². The summed E-state index contributed by atoms with van der Waals surface area (Å²) in [4.78, 5) is 0. The van der Waals surface area contributed by atoms with E-state index in [0.29, 0.717) is 6.61 Å². The first kappa shape index (κ1) is 23.9. The topological polar surface area (TPSA) is 26.3 Å². The van der Waals surface area contributed by atoms with E-state index in [0.717, 1.165) is 12.6 Å². The second-order valence-electron chi connectivity index (χ2n) is 7.09.